The largest absolute Gasteiger partial charge is 0.497 e. The molecule has 3 rings (SSSR count). The summed E-state index contributed by atoms with van der Waals surface area (Å²) in [6.07, 6.45) is 1.67. The van der Waals surface area contributed by atoms with Crippen LogP contribution in [0.25, 0.3) is 6.08 Å². The normalized spacial score (nSPS) is 13.9. The number of methoxy groups -OCH3 is 1. The van der Waals surface area contributed by atoms with E-state index in [1.54, 1.807) is 39.2 Å². The van der Waals surface area contributed by atoms with Gasteiger partial charge in [-0.05, 0) is 49.8 Å². The van der Waals surface area contributed by atoms with E-state index in [0.29, 0.717) is 35.0 Å². The third-order valence-corrected chi connectivity index (χ3v) is 4.08. The van der Waals surface area contributed by atoms with Gasteiger partial charge >= 0.3 is 5.97 Å². The molecule has 0 radical (unpaired) electrons. The number of ether oxygens (including phenoxy) is 4. The highest BCUT2D eigenvalue weighted by Crippen LogP contribution is 2.39. The van der Waals surface area contributed by atoms with Gasteiger partial charge in [0.1, 0.15) is 17.2 Å². The van der Waals surface area contributed by atoms with Crippen LogP contribution in [-0.2, 0) is 9.53 Å². The number of benzene rings is 2. The minimum Gasteiger partial charge on any atom is -0.497 e. The Kier molecular flexibility index (Phi) is 5.45. The van der Waals surface area contributed by atoms with E-state index < -0.39 is 5.97 Å². The van der Waals surface area contributed by atoms with Gasteiger partial charge in [-0.1, -0.05) is 12.1 Å². The van der Waals surface area contributed by atoms with Crippen molar-refractivity contribution in [3.05, 3.63) is 58.8 Å². The van der Waals surface area contributed by atoms with Gasteiger partial charge in [-0.25, -0.2) is 4.79 Å². The molecule has 27 heavy (non-hydrogen) atoms. The predicted molar refractivity (Wildman–Crippen MR) is 99.2 cm³/mol. The Bertz CT molecular complexity index is 913. The quantitative estimate of drug-likeness (QED) is 0.573. The van der Waals surface area contributed by atoms with Gasteiger partial charge in [-0.15, -0.1) is 0 Å². The zero-order chi connectivity index (χ0) is 19.4. The van der Waals surface area contributed by atoms with Crippen molar-refractivity contribution in [2.45, 2.75) is 13.8 Å². The van der Waals surface area contributed by atoms with E-state index in [9.17, 15) is 9.59 Å². The standard InChI is InChI=1S/C21H20O6/c1-4-25-19(22)12-26-17-9-8-16-20(23)18(27-21(16)13(17)2)11-14-6-5-7-15(10-14)24-3/h5-11H,4,12H2,1-3H3/b18-11-. The monoisotopic (exact) mass is 368 g/mol. The Balaban J connectivity index is 1.83. The molecule has 0 N–H and O–H groups in total. The van der Waals surface area contributed by atoms with Crippen LogP contribution in [0.1, 0.15) is 28.4 Å². The number of esters is 1. The number of Topliss-reactive ketones (excluding diaryl/α,β-unsaturated/α-hetero) is 1. The molecule has 0 aliphatic carbocycles. The molecule has 0 atom stereocenters. The lowest BCUT2D eigenvalue weighted by molar-refractivity contribution is -0.145. The van der Waals surface area contributed by atoms with Gasteiger partial charge in [0.2, 0.25) is 5.78 Å². The maximum Gasteiger partial charge on any atom is 0.344 e. The maximum atomic E-state index is 12.6. The zero-order valence-corrected chi connectivity index (χ0v) is 15.4. The van der Waals surface area contributed by atoms with Crippen molar-refractivity contribution < 1.29 is 28.5 Å². The van der Waals surface area contributed by atoms with E-state index in [0.717, 1.165) is 5.56 Å². The van der Waals surface area contributed by atoms with Crippen molar-refractivity contribution in [3.8, 4) is 17.2 Å². The minimum absolute atomic E-state index is 0.200. The summed E-state index contributed by atoms with van der Waals surface area (Å²) < 4.78 is 21.3. The molecule has 2 aromatic rings. The second-order valence-corrected chi connectivity index (χ2v) is 5.88. The van der Waals surface area contributed by atoms with Crippen LogP contribution in [-0.4, -0.2) is 32.1 Å². The molecule has 0 saturated carbocycles. The molecule has 0 aromatic heterocycles. The third-order valence-electron chi connectivity index (χ3n) is 4.08. The van der Waals surface area contributed by atoms with Crippen LogP contribution in [0.4, 0.5) is 0 Å². The predicted octanol–water partition coefficient (Wildman–Crippen LogP) is 3.56. The van der Waals surface area contributed by atoms with Crippen LogP contribution in [0.2, 0.25) is 0 Å². The summed E-state index contributed by atoms with van der Waals surface area (Å²) in [5.74, 6) is 1.18. The van der Waals surface area contributed by atoms with Crippen LogP contribution in [0, 0.1) is 6.92 Å². The van der Waals surface area contributed by atoms with E-state index in [-0.39, 0.29) is 18.1 Å². The smallest absolute Gasteiger partial charge is 0.344 e. The number of allylic oxidation sites excluding steroid dienone is 1. The molecule has 0 saturated heterocycles. The van der Waals surface area contributed by atoms with E-state index in [1.807, 2.05) is 24.3 Å². The average molecular weight is 368 g/mol. The highest BCUT2D eigenvalue weighted by Gasteiger charge is 2.30. The average Bonchev–Trinajstić information content (AvgIpc) is 2.98. The molecular formula is C21H20O6. The molecule has 1 aliphatic rings. The van der Waals surface area contributed by atoms with E-state index in [1.165, 1.54) is 0 Å². The number of ketones is 1. The van der Waals surface area contributed by atoms with Crippen molar-refractivity contribution in [2.24, 2.45) is 0 Å². The van der Waals surface area contributed by atoms with Crippen molar-refractivity contribution >= 4 is 17.8 Å². The Hall–Kier alpha value is -3.28. The lowest BCUT2D eigenvalue weighted by Crippen LogP contribution is -2.15. The van der Waals surface area contributed by atoms with Crippen LogP contribution >= 0.6 is 0 Å². The molecule has 1 heterocycles. The molecule has 0 fully saturated rings. The molecule has 2 aromatic carbocycles. The third kappa shape index (κ3) is 3.95. The highest BCUT2D eigenvalue weighted by atomic mass is 16.6. The van der Waals surface area contributed by atoms with Crippen LogP contribution in [0.3, 0.4) is 0 Å². The molecule has 0 bridgehead atoms. The number of carbonyl (C=O) groups excluding carboxylic acids is 2. The fourth-order valence-electron chi connectivity index (χ4n) is 2.75. The molecule has 6 nitrogen and oxygen atoms in total. The number of hydrogen-bond acceptors (Lipinski definition) is 6. The van der Waals surface area contributed by atoms with Crippen LogP contribution in [0.5, 0.6) is 17.2 Å². The fraction of sp³-hybridized carbons (Fsp3) is 0.238. The molecule has 1 aliphatic heterocycles. The summed E-state index contributed by atoms with van der Waals surface area (Å²) in [7, 11) is 1.58. The van der Waals surface area contributed by atoms with Crippen molar-refractivity contribution in [1.29, 1.82) is 0 Å². The molecule has 0 amide bonds. The van der Waals surface area contributed by atoms with Crippen molar-refractivity contribution in [1.82, 2.24) is 0 Å². The Morgan fingerprint density at radius 3 is 2.78 bits per heavy atom. The van der Waals surface area contributed by atoms with Crippen molar-refractivity contribution in [3.63, 3.8) is 0 Å². The number of hydrogen-bond donors (Lipinski definition) is 0. The summed E-state index contributed by atoms with van der Waals surface area (Å²) in [5, 5.41) is 0. The lowest BCUT2D eigenvalue weighted by Gasteiger charge is -2.10. The highest BCUT2D eigenvalue weighted by molar-refractivity contribution is 6.15. The molecule has 0 spiro atoms. The van der Waals surface area contributed by atoms with E-state index >= 15 is 0 Å². The summed E-state index contributed by atoms with van der Waals surface area (Å²) in [4.78, 5) is 24.1. The Morgan fingerprint density at radius 1 is 1.22 bits per heavy atom. The van der Waals surface area contributed by atoms with Crippen LogP contribution < -0.4 is 14.2 Å². The second-order valence-electron chi connectivity index (χ2n) is 5.88. The van der Waals surface area contributed by atoms with Gasteiger partial charge in [0.05, 0.1) is 19.3 Å². The second kappa shape index (κ2) is 7.95. The Morgan fingerprint density at radius 2 is 2.04 bits per heavy atom. The van der Waals surface area contributed by atoms with Gasteiger partial charge in [-0.2, -0.15) is 0 Å². The fourth-order valence-corrected chi connectivity index (χ4v) is 2.75. The number of carbonyl (C=O) groups is 2. The summed E-state index contributed by atoms with van der Waals surface area (Å²) in [6, 6.07) is 10.6. The van der Waals surface area contributed by atoms with Gasteiger partial charge in [0, 0.05) is 5.56 Å². The SMILES string of the molecule is CCOC(=O)COc1ccc2c(c1C)O/C(=C\c1cccc(OC)c1)C2=O. The van der Waals surface area contributed by atoms with E-state index in [4.69, 9.17) is 18.9 Å². The molecular weight excluding hydrogens is 348 g/mol. The van der Waals surface area contributed by atoms with Crippen molar-refractivity contribution in [2.75, 3.05) is 20.3 Å². The number of rotatable bonds is 6. The first-order chi connectivity index (χ1) is 13.0. The molecule has 6 heteroatoms. The van der Waals surface area contributed by atoms with Gasteiger partial charge in [0.25, 0.3) is 0 Å². The number of fused-ring (bicyclic) bond motifs is 1. The summed E-state index contributed by atoms with van der Waals surface area (Å²) in [5.41, 5.74) is 1.91. The van der Waals surface area contributed by atoms with Gasteiger partial charge < -0.3 is 18.9 Å². The van der Waals surface area contributed by atoms with Gasteiger partial charge in [0.15, 0.2) is 12.4 Å². The summed E-state index contributed by atoms with van der Waals surface area (Å²) in [6.45, 7) is 3.60. The first-order valence-electron chi connectivity index (χ1n) is 8.53. The zero-order valence-electron chi connectivity index (χ0n) is 15.4. The minimum atomic E-state index is -0.451. The first kappa shape index (κ1) is 18.5. The first-order valence-corrected chi connectivity index (χ1v) is 8.53. The molecule has 0 unspecified atom stereocenters. The topological polar surface area (TPSA) is 71.1 Å². The maximum absolute atomic E-state index is 12.6. The van der Waals surface area contributed by atoms with Gasteiger partial charge in [-0.3, -0.25) is 4.79 Å². The summed E-state index contributed by atoms with van der Waals surface area (Å²) >= 11 is 0. The molecule has 140 valence electrons. The lowest BCUT2D eigenvalue weighted by atomic mass is 10.1. The van der Waals surface area contributed by atoms with E-state index in [2.05, 4.69) is 0 Å². The Labute approximate surface area is 157 Å². The van der Waals surface area contributed by atoms with Crippen LogP contribution in [0.15, 0.2) is 42.2 Å².